The molecular weight excluding hydrogens is 218 g/mol. The van der Waals surface area contributed by atoms with Gasteiger partial charge in [-0.1, -0.05) is 17.7 Å². The number of carbonyl (C=O) groups is 2. The van der Waals surface area contributed by atoms with E-state index in [1.807, 2.05) is 25.1 Å². The fraction of sp³-hybridized carbons (Fsp3) is 0.385. The summed E-state index contributed by atoms with van der Waals surface area (Å²) in [5.74, 6) is -1.51. The number of carboxylic acids is 1. The van der Waals surface area contributed by atoms with E-state index in [0.29, 0.717) is 6.42 Å². The van der Waals surface area contributed by atoms with Crippen molar-refractivity contribution in [3.63, 3.8) is 0 Å². The van der Waals surface area contributed by atoms with Gasteiger partial charge in [-0.15, -0.1) is 0 Å². The molecule has 0 radical (unpaired) electrons. The van der Waals surface area contributed by atoms with E-state index in [1.165, 1.54) is 0 Å². The molecule has 1 aromatic rings. The molecule has 2 unspecified atom stereocenters. The number of amides is 1. The molecule has 0 aromatic heterocycles. The molecule has 88 valence electrons. The second kappa shape index (κ2) is 2.88. The summed E-state index contributed by atoms with van der Waals surface area (Å²) in [6.07, 6.45) is 0.433. The van der Waals surface area contributed by atoms with E-state index in [9.17, 15) is 9.59 Å². The lowest BCUT2D eigenvalue weighted by Gasteiger charge is -2.10. The summed E-state index contributed by atoms with van der Waals surface area (Å²) >= 11 is 0. The normalized spacial score (nSPS) is 29.6. The van der Waals surface area contributed by atoms with Gasteiger partial charge in [-0.3, -0.25) is 9.59 Å². The standard InChI is InChI=1S/C13H13NO3/c1-7-3-4-10-8(5-7)13(12(17)14(10)2)6-9(13)11(15)16/h3-5,9H,6H2,1-2H3,(H,15,16). The molecule has 2 atom stereocenters. The van der Waals surface area contributed by atoms with E-state index in [4.69, 9.17) is 5.11 Å². The molecule has 1 aliphatic heterocycles. The molecule has 0 bridgehead atoms. The van der Waals surface area contributed by atoms with Gasteiger partial charge in [0.15, 0.2) is 0 Å². The van der Waals surface area contributed by atoms with E-state index < -0.39 is 17.3 Å². The van der Waals surface area contributed by atoms with Crippen LogP contribution in [-0.2, 0) is 15.0 Å². The first-order valence-corrected chi connectivity index (χ1v) is 5.60. The summed E-state index contributed by atoms with van der Waals surface area (Å²) in [5.41, 5.74) is 2.02. The summed E-state index contributed by atoms with van der Waals surface area (Å²) in [7, 11) is 1.71. The van der Waals surface area contributed by atoms with E-state index in [1.54, 1.807) is 11.9 Å². The number of aryl methyl sites for hydroxylation is 1. The topological polar surface area (TPSA) is 57.6 Å². The number of benzene rings is 1. The minimum absolute atomic E-state index is 0.0782. The maximum atomic E-state index is 12.2. The summed E-state index contributed by atoms with van der Waals surface area (Å²) in [5, 5.41) is 9.11. The Morgan fingerprint density at radius 1 is 1.53 bits per heavy atom. The largest absolute Gasteiger partial charge is 0.481 e. The quantitative estimate of drug-likeness (QED) is 0.792. The highest BCUT2D eigenvalue weighted by Crippen LogP contribution is 2.61. The van der Waals surface area contributed by atoms with Gasteiger partial charge in [0.2, 0.25) is 5.91 Å². The number of hydrogen-bond donors (Lipinski definition) is 1. The smallest absolute Gasteiger partial charge is 0.307 e. The zero-order valence-electron chi connectivity index (χ0n) is 9.73. The molecule has 4 nitrogen and oxygen atoms in total. The number of rotatable bonds is 1. The summed E-state index contributed by atoms with van der Waals surface area (Å²) in [4.78, 5) is 24.9. The average Bonchev–Trinajstić information content (AvgIpc) is 2.99. The van der Waals surface area contributed by atoms with Crippen LogP contribution in [0.15, 0.2) is 18.2 Å². The molecule has 1 aromatic carbocycles. The first-order chi connectivity index (χ1) is 7.98. The van der Waals surface area contributed by atoms with E-state index >= 15 is 0 Å². The lowest BCUT2D eigenvalue weighted by molar-refractivity contribution is -0.140. The van der Waals surface area contributed by atoms with Crippen LogP contribution < -0.4 is 4.90 Å². The number of anilines is 1. The fourth-order valence-corrected chi connectivity index (χ4v) is 2.92. The van der Waals surface area contributed by atoms with Crippen LogP contribution in [0.3, 0.4) is 0 Å². The molecule has 1 aliphatic carbocycles. The molecule has 1 spiro atoms. The van der Waals surface area contributed by atoms with E-state index in [0.717, 1.165) is 16.8 Å². The lowest BCUT2D eigenvalue weighted by atomic mass is 9.93. The predicted molar refractivity (Wildman–Crippen MR) is 62.0 cm³/mol. The number of fused-ring (bicyclic) bond motifs is 2. The van der Waals surface area contributed by atoms with Crippen molar-refractivity contribution in [1.82, 2.24) is 0 Å². The lowest BCUT2D eigenvalue weighted by Crippen LogP contribution is -2.30. The summed E-state index contributed by atoms with van der Waals surface area (Å²) in [6.45, 7) is 1.95. The van der Waals surface area contributed by atoms with Crippen LogP contribution in [0.2, 0.25) is 0 Å². The molecule has 1 amide bonds. The van der Waals surface area contributed by atoms with Crippen LogP contribution in [0.1, 0.15) is 17.5 Å². The van der Waals surface area contributed by atoms with Crippen molar-refractivity contribution in [2.45, 2.75) is 18.8 Å². The molecule has 3 rings (SSSR count). The number of nitrogens with zero attached hydrogens (tertiary/aromatic N) is 1. The molecule has 17 heavy (non-hydrogen) atoms. The third-order valence-corrected chi connectivity index (χ3v) is 3.94. The number of carbonyl (C=O) groups excluding carboxylic acids is 1. The van der Waals surface area contributed by atoms with Gasteiger partial charge in [0, 0.05) is 12.7 Å². The molecule has 1 fully saturated rings. The summed E-state index contributed by atoms with van der Waals surface area (Å²) < 4.78 is 0. The first kappa shape index (κ1) is 10.3. The minimum Gasteiger partial charge on any atom is -0.481 e. The minimum atomic E-state index is -0.874. The van der Waals surface area contributed by atoms with Gasteiger partial charge in [-0.05, 0) is 25.0 Å². The van der Waals surface area contributed by atoms with Gasteiger partial charge >= 0.3 is 5.97 Å². The van der Waals surface area contributed by atoms with Crippen molar-refractivity contribution in [3.05, 3.63) is 29.3 Å². The molecule has 4 heteroatoms. The maximum Gasteiger partial charge on any atom is 0.307 e. The number of likely N-dealkylation sites (N-methyl/N-ethyl adjacent to an activating group) is 1. The Balaban J connectivity index is 2.18. The Morgan fingerprint density at radius 2 is 2.24 bits per heavy atom. The van der Waals surface area contributed by atoms with E-state index in [-0.39, 0.29) is 5.91 Å². The van der Waals surface area contributed by atoms with Crippen LogP contribution in [0, 0.1) is 12.8 Å². The van der Waals surface area contributed by atoms with Gasteiger partial charge in [0.05, 0.1) is 11.3 Å². The highest BCUT2D eigenvalue weighted by molar-refractivity contribution is 6.13. The van der Waals surface area contributed by atoms with Gasteiger partial charge in [-0.25, -0.2) is 0 Å². The second-order valence-corrected chi connectivity index (χ2v) is 4.95. The van der Waals surface area contributed by atoms with Crippen molar-refractivity contribution in [3.8, 4) is 0 Å². The fourth-order valence-electron chi connectivity index (χ4n) is 2.92. The van der Waals surface area contributed by atoms with Gasteiger partial charge in [0.25, 0.3) is 0 Å². The van der Waals surface area contributed by atoms with Crippen LogP contribution in [0.5, 0.6) is 0 Å². The predicted octanol–water partition coefficient (Wildman–Crippen LogP) is 1.31. The Labute approximate surface area is 98.9 Å². The number of hydrogen-bond acceptors (Lipinski definition) is 2. The number of aliphatic carboxylic acids is 1. The molecule has 1 N–H and O–H groups in total. The molecular formula is C13H13NO3. The van der Waals surface area contributed by atoms with E-state index in [2.05, 4.69) is 0 Å². The van der Waals surface area contributed by atoms with Crippen molar-refractivity contribution in [2.24, 2.45) is 5.92 Å². The average molecular weight is 231 g/mol. The Hall–Kier alpha value is -1.84. The zero-order chi connectivity index (χ0) is 12.4. The van der Waals surface area contributed by atoms with Crippen molar-refractivity contribution in [1.29, 1.82) is 0 Å². The Bertz CT molecular complexity index is 552. The molecule has 0 saturated heterocycles. The van der Waals surface area contributed by atoms with Gasteiger partial charge in [0.1, 0.15) is 0 Å². The first-order valence-electron chi connectivity index (χ1n) is 5.60. The van der Waals surface area contributed by atoms with Crippen molar-refractivity contribution >= 4 is 17.6 Å². The Morgan fingerprint density at radius 3 is 2.82 bits per heavy atom. The van der Waals surface area contributed by atoms with Crippen molar-refractivity contribution < 1.29 is 14.7 Å². The zero-order valence-corrected chi connectivity index (χ0v) is 9.73. The Kier molecular flexibility index (Phi) is 1.75. The van der Waals surface area contributed by atoms with Crippen molar-refractivity contribution in [2.75, 3.05) is 11.9 Å². The SMILES string of the molecule is Cc1ccc2c(c1)C1(CC1C(=O)O)C(=O)N2C. The van der Waals surface area contributed by atoms with Crippen LogP contribution >= 0.6 is 0 Å². The third-order valence-electron chi connectivity index (χ3n) is 3.94. The van der Waals surface area contributed by atoms with Crippen LogP contribution in [0.25, 0.3) is 0 Å². The maximum absolute atomic E-state index is 12.2. The van der Waals surface area contributed by atoms with Gasteiger partial charge in [-0.2, -0.15) is 0 Å². The molecule has 1 heterocycles. The van der Waals surface area contributed by atoms with Crippen LogP contribution in [-0.4, -0.2) is 24.0 Å². The summed E-state index contributed by atoms with van der Waals surface area (Å²) in [6, 6.07) is 5.79. The van der Waals surface area contributed by atoms with Gasteiger partial charge < -0.3 is 10.0 Å². The second-order valence-electron chi connectivity index (χ2n) is 4.95. The number of carboxylic acid groups (broad SMARTS) is 1. The van der Waals surface area contributed by atoms with Crippen LogP contribution in [0.4, 0.5) is 5.69 Å². The monoisotopic (exact) mass is 231 g/mol. The highest BCUT2D eigenvalue weighted by Gasteiger charge is 2.69. The highest BCUT2D eigenvalue weighted by atomic mass is 16.4. The molecule has 1 saturated carbocycles. The molecule has 2 aliphatic rings. The third kappa shape index (κ3) is 1.07.